The van der Waals surface area contributed by atoms with Crippen LogP contribution in [0, 0.1) is 5.92 Å². The Balaban J connectivity index is 2.06. The van der Waals surface area contributed by atoms with Crippen molar-refractivity contribution in [1.82, 2.24) is 10.6 Å². The monoisotopic (exact) mass is 466 g/mol. The lowest BCUT2D eigenvalue weighted by molar-refractivity contribution is -0.137. The summed E-state index contributed by atoms with van der Waals surface area (Å²) in [4.78, 5) is 37.3. The highest BCUT2D eigenvalue weighted by Gasteiger charge is 2.24. The summed E-state index contributed by atoms with van der Waals surface area (Å²) in [7, 11) is 0. The molecule has 2 amide bonds. The van der Waals surface area contributed by atoms with Crippen LogP contribution in [-0.2, 0) is 32.1 Å². The molecule has 2 aromatic rings. The molecule has 182 valence electrons. The van der Waals surface area contributed by atoms with Crippen LogP contribution < -0.4 is 10.6 Å². The van der Waals surface area contributed by atoms with Crippen LogP contribution in [0.3, 0.4) is 0 Å². The van der Waals surface area contributed by atoms with Gasteiger partial charge in [0.15, 0.2) is 0 Å². The number of hydrogen-bond acceptors (Lipinski definition) is 5. The summed E-state index contributed by atoms with van der Waals surface area (Å²) >= 11 is 0. The lowest BCUT2D eigenvalue weighted by Gasteiger charge is -2.23. The van der Waals surface area contributed by atoms with Crippen molar-refractivity contribution < 1.29 is 23.9 Å². The predicted octanol–water partition coefficient (Wildman–Crippen LogP) is 4.17. The molecule has 0 fully saturated rings. The Kier molecular flexibility index (Phi) is 11.4. The van der Waals surface area contributed by atoms with Crippen molar-refractivity contribution in [1.29, 1.82) is 0 Å². The van der Waals surface area contributed by atoms with E-state index in [1.54, 1.807) is 13.0 Å². The Morgan fingerprint density at radius 3 is 2.09 bits per heavy atom. The maximum absolute atomic E-state index is 13.1. The number of hydrogen-bond donors (Lipinski definition) is 2. The van der Waals surface area contributed by atoms with Gasteiger partial charge in [-0.25, -0.2) is 9.59 Å². The summed E-state index contributed by atoms with van der Waals surface area (Å²) in [5.41, 5.74) is 1.85. The van der Waals surface area contributed by atoms with Gasteiger partial charge in [0.2, 0.25) is 5.91 Å². The van der Waals surface area contributed by atoms with Gasteiger partial charge in [0, 0.05) is 6.08 Å². The molecule has 0 saturated carbocycles. The van der Waals surface area contributed by atoms with E-state index in [1.807, 2.05) is 74.5 Å². The largest absolute Gasteiger partial charge is 0.463 e. The van der Waals surface area contributed by atoms with Gasteiger partial charge in [0.25, 0.3) is 0 Å². The Bertz CT molecular complexity index is 929. The Morgan fingerprint density at radius 1 is 0.882 bits per heavy atom. The molecule has 0 bridgehead atoms. The molecule has 0 radical (unpaired) electrons. The first-order valence-corrected chi connectivity index (χ1v) is 11.5. The van der Waals surface area contributed by atoms with Gasteiger partial charge in [-0.2, -0.15) is 0 Å². The second-order valence-electron chi connectivity index (χ2n) is 8.30. The highest BCUT2D eigenvalue weighted by molar-refractivity contribution is 5.86. The van der Waals surface area contributed by atoms with Crippen molar-refractivity contribution in [3.63, 3.8) is 0 Å². The van der Waals surface area contributed by atoms with Gasteiger partial charge in [-0.15, -0.1) is 0 Å². The maximum atomic E-state index is 13.1. The molecule has 2 atom stereocenters. The molecule has 0 saturated heterocycles. The Morgan fingerprint density at radius 2 is 1.50 bits per heavy atom. The zero-order chi connectivity index (χ0) is 24.8. The fourth-order valence-corrected chi connectivity index (χ4v) is 3.31. The summed E-state index contributed by atoms with van der Waals surface area (Å²) < 4.78 is 10.2. The normalized spacial score (nSPS) is 12.7. The van der Waals surface area contributed by atoms with Crippen molar-refractivity contribution in [3.05, 3.63) is 83.9 Å². The van der Waals surface area contributed by atoms with Crippen LogP contribution in [-0.4, -0.2) is 36.7 Å². The summed E-state index contributed by atoms with van der Waals surface area (Å²) in [5.74, 6) is -0.663. The van der Waals surface area contributed by atoms with E-state index in [1.165, 1.54) is 6.08 Å². The summed E-state index contributed by atoms with van der Waals surface area (Å²) in [6, 6.07) is 17.7. The predicted molar refractivity (Wildman–Crippen MR) is 131 cm³/mol. The number of benzene rings is 2. The van der Waals surface area contributed by atoms with Gasteiger partial charge >= 0.3 is 12.1 Å². The van der Waals surface area contributed by atoms with Crippen LogP contribution >= 0.6 is 0 Å². The van der Waals surface area contributed by atoms with Gasteiger partial charge in [-0.05, 0) is 36.8 Å². The molecular weight excluding hydrogens is 432 g/mol. The molecule has 2 aromatic carbocycles. The number of carbonyl (C=O) groups is 3. The zero-order valence-corrected chi connectivity index (χ0v) is 20.0. The highest BCUT2D eigenvalue weighted by atomic mass is 16.5. The first-order chi connectivity index (χ1) is 16.4. The SMILES string of the molecule is CCOC(=O)/C=C/C(Cc1ccccc1)NC(=O)C(CC(C)C)NC(=O)OCc1ccccc1. The maximum Gasteiger partial charge on any atom is 0.408 e. The molecule has 0 spiro atoms. The van der Waals surface area contributed by atoms with Crippen LogP contribution in [0.5, 0.6) is 0 Å². The van der Waals surface area contributed by atoms with Crippen molar-refractivity contribution >= 4 is 18.0 Å². The number of ether oxygens (including phenoxy) is 2. The topological polar surface area (TPSA) is 93.7 Å². The molecule has 0 heterocycles. The molecule has 0 aliphatic heterocycles. The first kappa shape index (κ1) is 26.6. The molecular formula is C27H34N2O5. The van der Waals surface area contributed by atoms with E-state index in [-0.39, 0.29) is 25.0 Å². The van der Waals surface area contributed by atoms with E-state index in [0.29, 0.717) is 12.8 Å². The summed E-state index contributed by atoms with van der Waals surface area (Å²) in [5, 5.41) is 5.63. The quantitative estimate of drug-likeness (QED) is 0.362. The van der Waals surface area contributed by atoms with Gasteiger partial charge in [0.05, 0.1) is 12.6 Å². The average molecular weight is 467 g/mol. The third kappa shape index (κ3) is 10.3. The van der Waals surface area contributed by atoms with Crippen molar-refractivity contribution in [3.8, 4) is 0 Å². The summed E-state index contributed by atoms with van der Waals surface area (Å²) in [6.07, 6.45) is 3.19. The van der Waals surface area contributed by atoms with Gasteiger partial charge in [0.1, 0.15) is 12.6 Å². The van der Waals surface area contributed by atoms with E-state index in [4.69, 9.17) is 9.47 Å². The fraction of sp³-hybridized carbons (Fsp3) is 0.370. The molecule has 2 N–H and O–H groups in total. The molecule has 0 aliphatic rings. The van der Waals surface area contributed by atoms with Crippen molar-refractivity contribution in [2.75, 3.05) is 6.61 Å². The van der Waals surface area contributed by atoms with Crippen molar-refractivity contribution in [2.24, 2.45) is 5.92 Å². The molecule has 7 heteroatoms. The van der Waals surface area contributed by atoms with Gasteiger partial charge in [-0.3, -0.25) is 4.79 Å². The van der Waals surface area contributed by atoms with Gasteiger partial charge < -0.3 is 20.1 Å². The molecule has 2 unspecified atom stereocenters. The Labute approximate surface area is 201 Å². The first-order valence-electron chi connectivity index (χ1n) is 11.5. The molecule has 34 heavy (non-hydrogen) atoms. The van der Waals surface area contributed by atoms with Crippen molar-refractivity contribution in [2.45, 2.75) is 52.3 Å². The number of alkyl carbamates (subject to hydrolysis) is 1. The minimum absolute atomic E-state index is 0.113. The van der Waals surface area contributed by atoms with Crippen LogP contribution in [0.1, 0.15) is 38.3 Å². The molecule has 0 aliphatic carbocycles. The minimum atomic E-state index is -0.780. The second-order valence-corrected chi connectivity index (χ2v) is 8.30. The van der Waals surface area contributed by atoms with E-state index in [0.717, 1.165) is 11.1 Å². The van der Waals surface area contributed by atoms with E-state index in [9.17, 15) is 14.4 Å². The molecule has 7 nitrogen and oxygen atoms in total. The number of amides is 2. The summed E-state index contributed by atoms with van der Waals surface area (Å²) in [6.45, 7) is 6.05. The molecule has 2 rings (SSSR count). The van der Waals surface area contributed by atoms with E-state index in [2.05, 4.69) is 10.6 Å². The number of nitrogens with one attached hydrogen (secondary N) is 2. The zero-order valence-electron chi connectivity index (χ0n) is 20.0. The van der Waals surface area contributed by atoms with E-state index < -0.39 is 24.1 Å². The lowest BCUT2D eigenvalue weighted by Crippen LogP contribution is -2.50. The van der Waals surface area contributed by atoms with E-state index >= 15 is 0 Å². The lowest BCUT2D eigenvalue weighted by atomic mass is 10.0. The fourth-order valence-electron chi connectivity index (χ4n) is 3.31. The van der Waals surface area contributed by atoms with Crippen LogP contribution in [0.2, 0.25) is 0 Å². The minimum Gasteiger partial charge on any atom is -0.463 e. The Hall–Kier alpha value is -3.61. The van der Waals surface area contributed by atoms with Gasteiger partial charge in [-0.1, -0.05) is 80.6 Å². The number of esters is 1. The smallest absolute Gasteiger partial charge is 0.408 e. The molecule has 0 aromatic heterocycles. The third-order valence-electron chi connectivity index (χ3n) is 4.91. The highest BCUT2D eigenvalue weighted by Crippen LogP contribution is 2.09. The number of rotatable bonds is 12. The van der Waals surface area contributed by atoms with Crippen LogP contribution in [0.4, 0.5) is 4.79 Å². The average Bonchev–Trinajstić information content (AvgIpc) is 2.82. The van der Waals surface area contributed by atoms with Crippen LogP contribution in [0.15, 0.2) is 72.8 Å². The third-order valence-corrected chi connectivity index (χ3v) is 4.91. The second kappa shape index (κ2) is 14.5. The van der Waals surface area contributed by atoms with Crippen LogP contribution in [0.25, 0.3) is 0 Å². The number of carbonyl (C=O) groups excluding carboxylic acids is 3. The standard InChI is InChI=1S/C27H34N2O5/c1-4-33-25(30)16-15-23(18-21-11-7-5-8-12-21)28-26(31)24(17-20(2)3)29-27(32)34-19-22-13-9-6-10-14-22/h5-16,20,23-24H,4,17-19H2,1-3H3,(H,28,31)(H,29,32)/b16-15+.